The minimum absolute atomic E-state index is 0.900. The first kappa shape index (κ1) is 7.48. The van der Waals surface area contributed by atoms with E-state index >= 15 is 0 Å². The summed E-state index contributed by atoms with van der Waals surface area (Å²) in [5.41, 5.74) is 0. The molecule has 0 bridgehead atoms. The first-order valence-electron chi connectivity index (χ1n) is 2.97. The van der Waals surface area contributed by atoms with Crippen LogP contribution in [0, 0.1) is 6.92 Å². The van der Waals surface area contributed by atoms with E-state index in [0.29, 0.717) is 0 Å². The van der Waals surface area contributed by atoms with Gasteiger partial charge in [-0.1, -0.05) is 18.2 Å². The highest BCUT2D eigenvalue weighted by molar-refractivity contribution is 4.84. The summed E-state index contributed by atoms with van der Waals surface area (Å²) in [5.74, 6) is 0. The smallest absolute Gasteiger partial charge is 0.0316 e. The Balaban J connectivity index is 2.90. The van der Waals surface area contributed by atoms with Crippen molar-refractivity contribution in [1.29, 1.82) is 0 Å². The monoisotopic (exact) mass is 109 g/mol. The molecule has 45 valence electrons. The third kappa shape index (κ3) is 5.48. The minimum Gasteiger partial charge on any atom is -0.103 e. The molecule has 0 atom stereocenters. The third-order valence-corrected chi connectivity index (χ3v) is 0.871. The lowest BCUT2D eigenvalue weighted by atomic mass is 10.3. The zero-order chi connectivity index (χ0) is 6.24. The van der Waals surface area contributed by atoms with Gasteiger partial charge in [0.05, 0.1) is 0 Å². The Labute approximate surface area is 51.9 Å². The fraction of sp³-hybridized carbons (Fsp3) is 0.375. The molecular formula is C8H13. The van der Waals surface area contributed by atoms with Crippen LogP contribution in [0.5, 0.6) is 0 Å². The Hall–Kier alpha value is -0.520. The number of hydrogen-bond acceptors (Lipinski definition) is 0. The van der Waals surface area contributed by atoms with Crippen molar-refractivity contribution >= 4 is 0 Å². The van der Waals surface area contributed by atoms with E-state index in [1.165, 1.54) is 0 Å². The van der Waals surface area contributed by atoms with Crippen LogP contribution in [0.25, 0.3) is 0 Å². The SMILES string of the molecule is [CH2]CC=CCCC=C. The average Bonchev–Trinajstić information content (AvgIpc) is 1.81. The molecule has 8 heavy (non-hydrogen) atoms. The van der Waals surface area contributed by atoms with E-state index < -0.39 is 0 Å². The molecule has 0 spiro atoms. The van der Waals surface area contributed by atoms with Gasteiger partial charge >= 0.3 is 0 Å². The summed E-state index contributed by atoms with van der Waals surface area (Å²) in [7, 11) is 0. The molecule has 0 unspecified atom stereocenters. The summed E-state index contributed by atoms with van der Waals surface area (Å²) in [5, 5.41) is 0. The van der Waals surface area contributed by atoms with Crippen molar-refractivity contribution in [2.75, 3.05) is 0 Å². The Bertz CT molecular complexity index is 70.1. The second-order valence-corrected chi connectivity index (χ2v) is 1.63. The lowest BCUT2D eigenvalue weighted by Crippen LogP contribution is -1.61. The zero-order valence-corrected chi connectivity index (χ0v) is 5.27. The molecule has 0 aromatic carbocycles. The normalized spacial score (nSPS) is 10.1. The van der Waals surface area contributed by atoms with E-state index in [0.717, 1.165) is 19.3 Å². The van der Waals surface area contributed by atoms with Crippen LogP contribution < -0.4 is 0 Å². The Kier molecular flexibility index (Phi) is 6.06. The number of allylic oxidation sites excluding steroid dienone is 3. The first-order valence-corrected chi connectivity index (χ1v) is 2.97. The Morgan fingerprint density at radius 2 is 1.88 bits per heavy atom. The standard InChI is InChI=1S/C8H13/c1-3-5-7-8-6-4-2/h3,6,8H,1-2,4-5,7H2. The summed E-state index contributed by atoms with van der Waals surface area (Å²) >= 11 is 0. The number of hydrogen-bond donors (Lipinski definition) is 0. The van der Waals surface area contributed by atoms with Crippen LogP contribution in [0.3, 0.4) is 0 Å². The number of rotatable bonds is 4. The predicted octanol–water partition coefficient (Wildman–Crippen LogP) is 2.73. The maximum Gasteiger partial charge on any atom is -0.0316 e. The first-order chi connectivity index (χ1) is 3.91. The predicted molar refractivity (Wildman–Crippen MR) is 38.5 cm³/mol. The van der Waals surface area contributed by atoms with Crippen LogP contribution >= 0.6 is 0 Å². The molecule has 0 saturated carbocycles. The van der Waals surface area contributed by atoms with E-state index in [1.54, 1.807) is 0 Å². The quantitative estimate of drug-likeness (QED) is 0.384. The van der Waals surface area contributed by atoms with E-state index in [9.17, 15) is 0 Å². The summed E-state index contributed by atoms with van der Waals surface area (Å²) in [6.07, 6.45) is 9.22. The van der Waals surface area contributed by atoms with Crippen LogP contribution in [0.15, 0.2) is 24.8 Å². The second kappa shape index (κ2) is 6.48. The lowest BCUT2D eigenvalue weighted by molar-refractivity contribution is 1.05. The van der Waals surface area contributed by atoms with Gasteiger partial charge in [0.15, 0.2) is 0 Å². The Morgan fingerprint density at radius 1 is 1.12 bits per heavy atom. The van der Waals surface area contributed by atoms with Gasteiger partial charge in [-0.3, -0.25) is 0 Å². The van der Waals surface area contributed by atoms with Gasteiger partial charge in [-0.25, -0.2) is 0 Å². The molecule has 0 heterocycles. The van der Waals surface area contributed by atoms with Crippen LogP contribution in [0.2, 0.25) is 0 Å². The summed E-state index contributed by atoms with van der Waals surface area (Å²) in [6, 6.07) is 0. The van der Waals surface area contributed by atoms with Gasteiger partial charge in [-0.05, 0) is 26.2 Å². The van der Waals surface area contributed by atoms with E-state index in [2.05, 4.69) is 25.7 Å². The molecule has 0 N–H and O–H groups in total. The fourth-order valence-corrected chi connectivity index (χ4v) is 0.450. The fourth-order valence-electron chi connectivity index (χ4n) is 0.450. The van der Waals surface area contributed by atoms with Crippen molar-refractivity contribution in [3.63, 3.8) is 0 Å². The second-order valence-electron chi connectivity index (χ2n) is 1.63. The van der Waals surface area contributed by atoms with E-state index in [4.69, 9.17) is 0 Å². The molecule has 0 rings (SSSR count). The third-order valence-electron chi connectivity index (χ3n) is 0.871. The largest absolute Gasteiger partial charge is 0.103 e. The van der Waals surface area contributed by atoms with Gasteiger partial charge in [0.25, 0.3) is 0 Å². The van der Waals surface area contributed by atoms with Gasteiger partial charge in [0, 0.05) is 0 Å². The molecule has 0 aromatic rings. The molecular weight excluding hydrogens is 96.1 g/mol. The molecule has 0 aliphatic carbocycles. The summed E-state index contributed by atoms with van der Waals surface area (Å²) in [6.45, 7) is 7.28. The van der Waals surface area contributed by atoms with Crippen LogP contribution in [0.4, 0.5) is 0 Å². The average molecular weight is 109 g/mol. The van der Waals surface area contributed by atoms with Gasteiger partial charge in [0.2, 0.25) is 0 Å². The van der Waals surface area contributed by atoms with Crippen LogP contribution in [-0.4, -0.2) is 0 Å². The maximum atomic E-state index is 3.67. The zero-order valence-electron chi connectivity index (χ0n) is 5.27. The molecule has 0 saturated heterocycles. The Morgan fingerprint density at radius 3 is 2.38 bits per heavy atom. The number of unbranched alkanes of at least 4 members (excludes halogenated alkanes) is 1. The molecule has 0 amide bonds. The van der Waals surface area contributed by atoms with Crippen molar-refractivity contribution in [3.8, 4) is 0 Å². The van der Waals surface area contributed by atoms with Crippen LogP contribution in [-0.2, 0) is 0 Å². The highest BCUT2D eigenvalue weighted by atomic mass is 13.8. The van der Waals surface area contributed by atoms with E-state index in [1.807, 2.05) is 6.08 Å². The highest BCUT2D eigenvalue weighted by Gasteiger charge is 1.70. The van der Waals surface area contributed by atoms with Crippen LogP contribution in [0.1, 0.15) is 19.3 Å². The van der Waals surface area contributed by atoms with Gasteiger partial charge < -0.3 is 0 Å². The van der Waals surface area contributed by atoms with Gasteiger partial charge in [-0.15, -0.1) is 6.58 Å². The lowest BCUT2D eigenvalue weighted by Gasteiger charge is -1.81. The van der Waals surface area contributed by atoms with Gasteiger partial charge in [-0.2, -0.15) is 0 Å². The minimum atomic E-state index is 0.900. The highest BCUT2D eigenvalue weighted by Crippen LogP contribution is 1.91. The molecule has 1 radical (unpaired) electrons. The van der Waals surface area contributed by atoms with Gasteiger partial charge in [0.1, 0.15) is 0 Å². The topological polar surface area (TPSA) is 0 Å². The summed E-state index contributed by atoms with van der Waals surface area (Å²) < 4.78 is 0. The maximum absolute atomic E-state index is 3.67. The molecule has 0 aromatic heterocycles. The molecule has 0 nitrogen and oxygen atoms in total. The molecule has 0 fully saturated rings. The van der Waals surface area contributed by atoms with Crippen molar-refractivity contribution in [2.24, 2.45) is 0 Å². The molecule has 0 aliphatic heterocycles. The van der Waals surface area contributed by atoms with E-state index in [-0.39, 0.29) is 0 Å². The molecule has 0 aliphatic rings. The van der Waals surface area contributed by atoms with Crippen molar-refractivity contribution < 1.29 is 0 Å². The molecule has 0 heteroatoms. The van der Waals surface area contributed by atoms with Crippen molar-refractivity contribution in [2.45, 2.75) is 19.3 Å². The van der Waals surface area contributed by atoms with Crippen molar-refractivity contribution in [1.82, 2.24) is 0 Å². The summed E-state index contributed by atoms with van der Waals surface area (Å²) in [4.78, 5) is 0. The van der Waals surface area contributed by atoms with Crippen molar-refractivity contribution in [3.05, 3.63) is 31.7 Å².